The summed E-state index contributed by atoms with van der Waals surface area (Å²) < 4.78 is 4.71. The molecule has 10 heavy (non-hydrogen) atoms. The van der Waals surface area contributed by atoms with Gasteiger partial charge in [0.15, 0.2) is 11.0 Å². The van der Waals surface area contributed by atoms with Crippen molar-refractivity contribution < 1.29 is 9.21 Å². The highest BCUT2D eigenvalue weighted by Gasteiger charge is 2.05. The lowest BCUT2D eigenvalue weighted by molar-refractivity contribution is 0.103. The molecule has 50 valence electrons. The van der Waals surface area contributed by atoms with E-state index in [0.717, 1.165) is 0 Å². The highest BCUT2D eigenvalue weighted by molar-refractivity contribution is 6.29. The summed E-state index contributed by atoms with van der Waals surface area (Å²) in [7, 11) is 0. The molecule has 1 rings (SSSR count). The van der Waals surface area contributed by atoms with Gasteiger partial charge in [0.05, 0.1) is 0 Å². The van der Waals surface area contributed by atoms with Crippen LogP contribution >= 0.6 is 11.6 Å². The fourth-order valence-electron chi connectivity index (χ4n) is 0.507. The molecule has 1 aromatic heterocycles. The van der Waals surface area contributed by atoms with Gasteiger partial charge in [-0.15, -0.1) is 6.42 Å². The van der Waals surface area contributed by atoms with Crippen LogP contribution in [0, 0.1) is 12.3 Å². The van der Waals surface area contributed by atoms with Crippen molar-refractivity contribution in [2.45, 2.75) is 0 Å². The number of ketones is 1. The minimum atomic E-state index is -0.494. The van der Waals surface area contributed by atoms with Gasteiger partial charge in [-0.1, -0.05) is 0 Å². The Hall–Kier alpha value is -1.20. The monoisotopic (exact) mass is 154 g/mol. The molecule has 0 saturated heterocycles. The number of carbonyl (C=O) groups is 1. The number of hydrogen-bond donors (Lipinski definition) is 0. The number of Topliss-reactive ketones (excluding diaryl/α,β-unsaturated/α-hetero) is 1. The highest BCUT2D eigenvalue weighted by atomic mass is 35.5. The van der Waals surface area contributed by atoms with Crippen molar-refractivity contribution in [2.75, 3.05) is 0 Å². The lowest BCUT2D eigenvalue weighted by Crippen LogP contribution is -1.89. The first-order valence-corrected chi connectivity index (χ1v) is 2.88. The molecule has 3 heteroatoms. The molecule has 0 aliphatic rings. The standard InChI is InChI=1S/C7H3ClO2/c1-2-5(9)6-3-4-7(8)10-6/h1,3-4H. The summed E-state index contributed by atoms with van der Waals surface area (Å²) in [4.78, 5) is 10.6. The van der Waals surface area contributed by atoms with Crippen LogP contribution in [0.5, 0.6) is 0 Å². The molecule has 0 spiro atoms. The third kappa shape index (κ3) is 1.20. The fraction of sp³-hybridized carbons (Fsp3) is 0. The van der Waals surface area contributed by atoms with Crippen molar-refractivity contribution in [1.29, 1.82) is 0 Å². The normalized spacial score (nSPS) is 8.80. The highest BCUT2D eigenvalue weighted by Crippen LogP contribution is 2.12. The van der Waals surface area contributed by atoms with Crippen LogP contribution in [0.25, 0.3) is 0 Å². The first kappa shape index (κ1) is 6.91. The van der Waals surface area contributed by atoms with Crippen LogP contribution in [0.15, 0.2) is 16.5 Å². The third-order valence-electron chi connectivity index (χ3n) is 0.928. The summed E-state index contributed by atoms with van der Waals surface area (Å²) in [5.74, 6) is 1.51. The smallest absolute Gasteiger partial charge is 0.270 e. The van der Waals surface area contributed by atoms with Crippen molar-refractivity contribution in [2.24, 2.45) is 0 Å². The molecule has 0 radical (unpaired) electrons. The Morgan fingerprint density at radius 3 is 2.80 bits per heavy atom. The van der Waals surface area contributed by atoms with Crippen LogP contribution in [-0.4, -0.2) is 5.78 Å². The number of rotatable bonds is 1. The van der Waals surface area contributed by atoms with Gasteiger partial charge in [0.2, 0.25) is 0 Å². The van der Waals surface area contributed by atoms with Crippen LogP contribution < -0.4 is 0 Å². The number of terminal acetylenes is 1. The molecule has 0 saturated carbocycles. The third-order valence-corrected chi connectivity index (χ3v) is 1.13. The maximum Gasteiger partial charge on any atom is 0.270 e. The largest absolute Gasteiger partial charge is 0.441 e. The second-order valence-corrected chi connectivity index (χ2v) is 1.95. The predicted octanol–water partition coefficient (Wildman–Crippen LogP) is 1.75. The maximum atomic E-state index is 10.6. The summed E-state index contributed by atoms with van der Waals surface area (Å²) in [5.41, 5.74) is 0. The lowest BCUT2D eigenvalue weighted by atomic mass is 10.3. The van der Waals surface area contributed by atoms with Crippen molar-refractivity contribution in [3.8, 4) is 12.3 Å². The molecule has 1 heterocycles. The van der Waals surface area contributed by atoms with Crippen molar-refractivity contribution >= 4 is 17.4 Å². The van der Waals surface area contributed by atoms with Gasteiger partial charge in [-0.2, -0.15) is 0 Å². The summed E-state index contributed by atoms with van der Waals surface area (Å²) in [6.07, 6.45) is 4.81. The van der Waals surface area contributed by atoms with Crippen molar-refractivity contribution in [1.82, 2.24) is 0 Å². The van der Waals surface area contributed by atoms with Crippen LogP contribution in [0.1, 0.15) is 10.6 Å². The van der Waals surface area contributed by atoms with Gasteiger partial charge in [-0.3, -0.25) is 4.79 Å². The molecule has 0 N–H and O–H groups in total. The van der Waals surface area contributed by atoms with Crippen LogP contribution in [0.3, 0.4) is 0 Å². The Morgan fingerprint density at radius 1 is 1.70 bits per heavy atom. The van der Waals surface area contributed by atoms with E-state index < -0.39 is 5.78 Å². The average Bonchev–Trinajstić information content (AvgIpc) is 2.34. The first-order valence-electron chi connectivity index (χ1n) is 2.50. The average molecular weight is 155 g/mol. The SMILES string of the molecule is C#CC(=O)c1ccc(Cl)o1. The zero-order chi connectivity index (χ0) is 7.56. The molecule has 2 nitrogen and oxygen atoms in total. The molecular weight excluding hydrogens is 152 g/mol. The van der Waals surface area contributed by atoms with Gasteiger partial charge < -0.3 is 4.42 Å². The molecule has 0 unspecified atom stereocenters. The molecule has 0 bridgehead atoms. The number of furan rings is 1. The Morgan fingerprint density at radius 2 is 2.40 bits per heavy atom. The van der Waals surface area contributed by atoms with Crippen molar-refractivity contribution in [3.63, 3.8) is 0 Å². The van der Waals surface area contributed by atoms with Crippen LogP contribution in [0.4, 0.5) is 0 Å². The number of hydrogen-bond acceptors (Lipinski definition) is 2. The van der Waals surface area contributed by atoms with E-state index in [0.29, 0.717) is 0 Å². The van der Waals surface area contributed by atoms with Crippen LogP contribution in [-0.2, 0) is 0 Å². The summed E-state index contributed by atoms with van der Waals surface area (Å²) in [5, 5.41) is 0.165. The summed E-state index contributed by atoms with van der Waals surface area (Å²) in [6, 6.07) is 2.90. The van der Waals surface area contributed by atoms with E-state index >= 15 is 0 Å². The fourth-order valence-corrected chi connectivity index (χ4v) is 0.654. The predicted molar refractivity (Wildman–Crippen MR) is 36.9 cm³/mol. The topological polar surface area (TPSA) is 30.2 Å². The summed E-state index contributed by atoms with van der Waals surface area (Å²) >= 11 is 5.37. The van der Waals surface area contributed by atoms with E-state index in [1.54, 1.807) is 0 Å². The van der Waals surface area contributed by atoms with Gasteiger partial charge in [0.1, 0.15) is 0 Å². The Labute approximate surface area is 62.8 Å². The van der Waals surface area contributed by atoms with Crippen molar-refractivity contribution in [3.05, 3.63) is 23.1 Å². The van der Waals surface area contributed by atoms with Gasteiger partial charge in [0, 0.05) is 0 Å². The van der Waals surface area contributed by atoms with E-state index in [-0.39, 0.29) is 11.0 Å². The maximum absolute atomic E-state index is 10.6. The second-order valence-electron chi connectivity index (χ2n) is 1.58. The minimum Gasteiger partial charge on any atom is -0.441 e. The molecule has 0 atom stereocenters. The second kappa shape index (κ2) is 2.59. The van der Waals surface area contributed by atoms with Gasteiger partial charge in [-0.25, -0.2) is 0 Å². The molecular formula is C7H3ClO2. The van der Waals surface area contributed by atoms with E-state index in [1.165, 1.54) is 12.1 Å². The van der Waals surface area contributed by atoms with Gasteiger partial charge >= 0.3 is 0 Å². The van der Waals surface area contributed by atoms with Crippen LogP contribution in [0.2, 0.25) is 5.22 Å². The summed E-state index contributed by atoms with van der Waals surface area (Å²) in [6.45, 7) is 0. The quantitative estimate of drug-likeness (QED) is 0.351. The Kier molecular flexibility index (Phi) is 1.79. The Bertz CT molecular complexity index is 293. The van der Waals surface area contributed by atoms with E-state index in [9.17, 15) is 4.79 Å². The first-order chi connectivity index (χ1) is 4.74. The molecule has 1 aromatic rings. The van der Waals surface area contributed by atoms with E-state index in [2.05, 4.69) is 0 Å². The minimum absolute atomic E-state index is 0.104. The zero-order valence-electron chi connectivity index (χ0n) is 4.93. The van der Waals surface area contributed by atoms with Gasteiger partial charge in [0.25, 0.3) is 5.78 Å². The van der Waals surface area contributed by atoms with E-state index in [4.69, 9.17) is 22.4 Å². The molecule has 0 aliphatic heterocycles. The molecule has 0 aromatic carbocycles. The number of halogens is 1. The molecule has 0 amide bonds. The van der Waals surface area contributed by atoms with E-state index in [1.807, 2.05) is 5.92 Å². The molecule has 0 aliphatic carbocycles. The zero-order valence-corrected chi connectivity index (χ0v) is 5.68. The lowest BCUT2D eigenvalue weighted by Gasteiger charge is -1.81. The van der Waals surface area contributed by atoms with Gasteiger partial charge in [-0.05, 0) is 29.7 Å². The molecule has 0 fully saturated rings. The number of carbonyl (C=O) groups excluding carboxylic acids is 1. The Balaban J connectivity index is 2.98.